The van der Waals surface area contributed by atoms with Gasteiger partial charge in [0, 0.05) is 17.8 Å². The monoisotopic (exact) mass is 276 g/mol. The second-order valence-corrected chi connectivity index (χ2v) is 6.98. The van der Waals surface area contributed by atoms with Crippen LogP contribution in [0, 0.1) is 10.8 Å². The molecule has 2 amide bonds. The molecular formula is C15H20N2O3. The second-order valence-electron chi connectivity index (χ2n) is 6.98. The first-order valence-corrected chi connectivity index (χ1v) is 7.11. The lowest BCUT2D eigenvalue weighted by Gasteiger charge is -2.46. The zero-order valence-corrected chi connectivity index (χ0v) is 12.4. The van der Waals surface area contributed by atoms with Gasteiger partial charge in [-0.2, -0.15) is 0 Å². The SMILES string of the molecule is CC1(C)C(=O)C2=C(NC(=O)N3CCCC23)C(C)(C)C1=O. The van der Waals surface area contributed by atoms with E-state index in [0.717, 1.165) is 12.8 Å². The fraction of sp³-hybridized carbons (Fsp3) is 0.667. The van der Waals surface area contributed by atoms with Crippen LogP contribution in [-0.4, -0.2) is 35.1 Å². The van der Waals surface area contributed by atoms with Crippen molar-refractivity contribution in [2.45, 2.75) is 46.6 Å². The Bertz CT molecular complexity index is 572. The fourth-order valence-corrected chi connectivity index (χ4v) is 3.81. The molecule has 108 valence electrons. The van der Waals surface area contributed by atoms with Crippen molar-refractivity contribution in [3.63, 3.8) is 0 Å². The number of rotatable bonds is 0. The molecule has 0 aromatic carbocycles. The van der Waals surface area contributed by atoms with E-state index in [-0.39, 0.29) is 23.6 Å². The van der Waals surface area contributed by atoms with Gasteiger partial charge in [0.15, 0.2) is 11.6 Å². The number of allylic oxidation sites excluding steroid dienone is 1. The van der Waals surface area contributed by atoms with Gasteiger partial charge >= 0.3 is 6.03 Å². The molecule has 1 aliphatic carbocycles. The van der Waals surface area contributed by atoms with Crippen molar-refractivity contribution in [2.24, 2.45) is 10.8 Å². The van der Waals surface area contributed by atoms with Crippen LogP contribution >= 0.6 is 0 Å². The van der Waals surface area contributed by atoms with Crippen molar-refractivity contribution < 1.29 is 14.4 Å². The molecule has 0 saturated carbocycles. The Morgan fingerprint density at radius 3 is 2.40 bits per heavy atom. The van der Waals surface area contributed by atoms with Gasteiger partial charge in [-0.1, -0.05) is 0 Å². The van der Waals surface area contributed by atoms with Gasteiger partial charge in [-0.15, -0.1) is 0 Å². The van der Waals surface area contributed by atoms with Gasteiger partial charge in [-0.05, 0) is 40.5 Å². The van der Waals surface area contributed by atoms with Crippen molar-refractivity contribution in [1.29, 1.82) is 0 Å². The van der Waals surface area contributed by atoms with Gasteiger partial charge in [0.2, 0.25) is 0 Å². The molecule has 2 heterocycles. The number of carbonyl (C=O) groups excluding carboxylic acids is 3. The third-order valence-electron chi connectivity index (χ3n) is 4.92. The molecule has 0 aromatic rings. The van der Waals surface area contributed by atoms with Crippen LogP contribution in [0.15, 0.2) is 11.3 Å². The van der Waals surface area contributed by atoms with Crippen LogP contribution in [0.5, 0.6) is 0 Å². The summed E-state index contributed by atoms with van der Waals surface area (Å²) in [5.74, 6) is -0.255. The summed E-state index contributed by atoms with van der Waals surface area (Å²) in [5.41, 5.74) is -0.660. The molecule has 1 unspecified atom stereocenters. The van der Waals surface area contributed by atoms with Gasteiger partial charge in [0.25, 0.3) is 0 Å². The standard InChI is InChI=1S/C15H20N2O3/c1-14(2)10-9(11(18)15(3,4)12(14)19)8-6-5-7-17(8)13(20)16-10/h8H,5-7H2,1-4H3,(H,16,20). The smallest absolute Gasteiger partial charge is 0.317 e. The Morgan fingerprint density at radius 1 is 1.10 bits per heavy atom. The minimum Gasteiger partial charge on any atom is -0.317 e. The van der Waals surface area contributed by atoms with Crippen molar-refractivity contribution in [1.82, 2.24) is 10.2 Å². The molecule has 5 heteroatoms. The van der Waals surface area contributed by atoms with E-state index in [1.54, 1.807) is 32.6 Å². The van der Waals surface area contributed by atoms with Crippen molar-refractivity contribution >= 4 is 17.6 Å². The number of nitrogens with one attached hydrogen (secondary N) is 1. The van der Waals surface area contributed by atoms with E-state index in [1.807, 2.05) is 0 Å². The minimum atomic E-state index is -1.02. The Morgan fingerprint density at radius 2 is 1.75 bits per heavy atom. The highest BCUT2D eigenvalue weighted by Gasteiger charge is 2.57. The van der Waals surface area contributed by atoms with Crippen LogP contribution < -0.4 is 5.32 Å². The normalized spacial score (nSPS) is 31.1. The summed E-state index contributed by atoms with van der Waals surface area (Å²) >= 11 is 0. The number of hydrogen-bond acceptors (Lipinski definition) is 3. The van der Waals surface area contributed by atoms with Crippen molar-refractivity contribution in [2.75, 3.05) is 6.54 Å². The Hall–Kier alpha value is -1.65. The highest BCUT2D eigenvalue weighted by atomic mass is 16.2. The highest BCUT2D eigenvalue weighted by Crippen LogP contribution is 2.47. The Kier molecular flexibility index (Phi) is 2.48. The minimum absolute atomic E-state index is 0.125. The summed E-state index contributed by atoms with van der Waals surface area (Å²) in [6.45, 7) is 7.65. The van der Waals surface area contributed by atoms with Crippen molar-refractivity contribution in [3.05, 3.63) is 11.3 Å². The number of ketones is 2. The molecule has 0 aromatic heterocycles. The molecule has 1 fully saturated rings. The van der Waals surface area contributed by atoms with Crippen LogP contribution in [0.25, 0.3) is 0 Å². The summed E-state index contributed by atoms with van der Waals surface area (Å²) in [6.07, 6.45) is 1.70. The van der Waals surface area contributed by atoms with Crippen LogP contribution in [-0.2, 0) is 9.59 Å². The van der Waals surface area contributed by atoms with Gasteiger partial charge in [-0.25, -0.2) is 4.79 Å². The van der Waals surface area contributed by atoms with Gasteiger partial charge < -0.3 is 10.2 Å². The first kappa shape index (κ1) is 13.3. The lowest BCUT2D eigenvalue weighted by Crippen LogP contribution is -2.60. The number of Topliss-reactive ketones (excluding diaryl/α,β-unsaturated/α-hetero) is 2. The van der Waals surface area contributed by atoms with E-state index < -0.39 is 10.8 Å². The van der Waals surface area contributed by atoms with Crippen molar-refractivity contribution in [3.8, 4) is 0 Å². The molecule has 0 radical (unpaired) electrons. The lowest BCUT2D eigenvalue weighted by molar-refractivity contribution is -0.143. The molecule has 20 heavy (non-hydrogen) atoms. The molecule has 1 atom stereocenters. The number of hydrogen-bond donors (Lipinski definition) is 1. The van der Waals surface area contributed by atoms with E-state index in [2.05, 4.69) is 5.32 Å². The first-order chi connectivity index (χ1) is 9.19. The first-order valence-electron chi connectivity index (χ1n) is 7.11. The molecule has 3 aliphatic rings. The zero-order chi connectivity index (χ0) is 14.9. The predicted molar refractivity (Wildman–Crippen MR) is 72.9 cm³/mol. The number of fused-ring (bicyclic) bond motifs is 2. The second kappa shape index (κ2) is 3.71. The summed E-state index contributed by atoms with van der Waals surface area (Å²) in [6, 6.07) is -0.336. The third kappa shape index (κ3) is 1.41. The largest absolute Gasteiger partial charge is 0.322 e. The molecule has 1 saturated heterocycles. The molecule has 0 bridgehead atoms. The van der Waals surface area contributed by atoms with Gasteiger partial charge in [0.05, 0.1) is 16.9 Å². The molecule has 2 aliphatic heterocycles. The number of nitrogens with zero attached hydrogens (tertiary/aromatic N) is 1. The quantitative estimate of drug-likeness (QED) is 0.684. The summed E-state index contributed by atoms with van der Waals surface area (Å²) in [4.78, 5) is 39.3. The highest BCUT2D eigenvalue weighted by molar-refractivity contribution is 6.20. The van der Waals surface area contributed by atoms with E-state index in [4.69, 9.17) is 0 Å². The van der Waals surface area contributed by atoms with Crippen LogP contribution in [0.2, 0.25) is 0 Å². The maximum atomic E-state index is 12.8. The fourth-order valence-electron chi connectivity index (χ4n) is 3.81. The lowest BCUT2D eigenvalue weighted by atomic mass is 9.61. The van der Waals surface area contributed by atoms with E-state index >= 15 is 0 Å². The number of urea groups is 1. The maximum absolute atomic E-state index is 12.8. The summed E-state index contributed by atoms with van der Waals surface area (Å²) < 4.78 is 0. The Labute approximate surface area is 118 Å². The van der Waals surface area contributed by atoms with Crippen LogP contribution in [0.4, 0.5) is 4.79 Å². The van der Waals surface area contributed by atoms with Crippen LogP contribution in [0.1, 0.15) is 40.5 Å². The number of carbonyl (C=O) groups is 3. The zero-order valence-electron chi connectivity index (χ0n) is 12.4. The van der Waals surface area contributed by atoms with E-state index in [9.17, 15) is 14.4 Å². The summed E-state index contributed by atoms with van der Waals surface area (Å²) in [7, 11) is 0. The van der Waals surface area contributed by atoms with E-state index in [1.165, 1.54) is 0 Å². The predicted octanol–water partition coefficient (Wildman–Crippen LogP) is 1.63. The summed E-state index contributed by atoms with van der Waals surface area (Å²) in [5, 5.41) is 2.80. The molecule has 5 nitrogen and oxygen atoms in total. The topological polar surface area (TPSA) is 66.5 Å². The Balaban J connectivity index is 2.24. The maximum Gasteiger partial charge on any atom is 0.322 e. The average molecular weight is 276 g/mol. The van der Waals surface area contributed by atoms with Gasteiger partial charge in [0.1, 0.15) is 0 Å². The molecule has 0 spiro atoms. The van der Waals surface area contributed by atoms with Gasteiger partial charge in [-0.3, -0.25) is 9.59 Å². The molecular weight excluding hydrogens is 256 g/mol. The molecule has 1 N–H and O–H groups in total. The average Bonchev–Trinajstić information content (AvgIpc) is 2.85. The number of amides is 2. The van der Waals surface area contributed by atoms with E-state index in [0.29, 0.717) is 17.8 Å². The van der Waals surface area contributed by atoms with Crippen LogP contribution in [0.3, 0.4) is 0 Å². The third-order valence-corrected chi connectivity index (χ3v) is 4.92. The molecule has 3 rings (SSSR count).